The second kappa shape index (κ2) is 5.32. The molecule has 2 aromatic heterocycles. The molecule has 9 heteroatoms. The van der Waals surface area contributed by atoms with Gasteiger partial charge in [0.1, 0.15) is 0 Å². The predicted octanol–water partition coefficient (Wildman–Crippen LogP) is 1.29. The number of nitrogens with one attached hydrogen (secondary N) is 2. The normalized spacial score (nSPS) is 17.6. The molecule has 0 aromatic carbocycles. The number of hydrogen-bond acceptors (Lipinski definition) is 6. The zero-order chi connectivity index (χ0) is 14.2. The average molecular weight is 315 g/mol. The van der Waals surface area contributed by atoms with Gasteiger partial charge < -0.3 is 5.43 Å². The highest BCUT2D eigenvalue weighted by Gasteiger charge is 2.28. The van der Waals surface area contributed by atoms with E-state index in [1.807, 2.05) is 0 Å². The summed E-state index contributed by atoms with van der Waals surface area (Å²) in [6, 6.07) is 0.00330. The third kappa shape index (κ3) is 2.41. The van der Waals surface area contributed by atoms with E-state index in [2.05, 4.69) is 15.1 Å². The summed E-state index contributed by atoms with van der Waals surface area (Å²) in [6.45, 7) is 0. The molecular weight excluding hydrogens is 298 g/mol. The molecule has 1 aliphatic rings. The molecule has 1 fully saturated rings. The van der Waals surface area contributed by atoms with Gasteiger partial charge in [0.05, 0.1) is 0 Å². The van der Waals surface area contributed by atoms with Crippen LogP contribution in [0, 0.1) is 0 Å². The lowest BCUT2D eigenvalue weighted by molar-refractivity contribution is 0.411. The van der Waals surface area contributed by atoms with Gasteiger partial charge in [-0.2, -0.15) is 4.98 Å². The van der Waals surface area contributed by atoms with Gasteiger partial charge in [-0.25, -0.2) is 19.0 Å². The van der Waals surface area contributed by atoms with Crippen LogP contribution in [0.15, 0.2) is 16.6 Å². The number of hydrazine groups is 1. The van der Waals surface area contributed by atoms with Crippen LogP contribution in [-0.2, 0) is 10.0 Å². The third-order valence-corrected chi connectivity index (χ3v) is 5.84. The summed E-state index contributed by atoms with van der Waals surface area (Å²) >= 11 is 1.36. The topological polar surface area (TPSA) is 102 Å². The summed E-state index contributed by atoms with van der Waals surface area (Å²) in [4.78, 5) is 4.78. The Labute approximate surface area is 121 Å². The van der Waals surface area contributed by atoms with Gasteiger partial charge in [0.15, 0.2) is 10.8 Å². The van der Waals surface area contributed by atoms with Crippen LogP contribution in [0.4, 0.5) is 5.82 Å². The molecule has 0 saturated heterocycles. The Balaban J connectivity index is 1.97. The van der Waals surface area contributed by atoms with Gasteiger partial charge in [-0.3, -0.25) is 4.40 Å². The number of thiazole rings is 1. The van der Waals surface area contributed by atoms with Crippen LogP contribution in [0.5, 0.6) is 0 Å². The van der Waals surface area contributed by atoms with Crippen molar-refractivity contribution < 1.29 is 8.42 Å². The lowest BCUT2D eigenvalue weighted by Gasteiger charge is -2.22. The van der Waals surface area contributed by atoms with Crippen LogP contribution < -0.4 is 16.0 Å². The predicted molar refractivity (Wildman–Crippen MR) is 78.1 cm³/mol. The summed E-state index contributed by atoms with van der Waals surface area (Å²) in [5.74, 6) is 5.57. The number of rotatable bonds is 4. The van der Waals surface area contributed by atoms with E-state index in [0.29, 0.717) is 4.96 Å². The van der Waals surface area contributed by atoms with Gasteiger partial charge in [0.25, 0.3) is 10.0 Å². The van der Waals surface area contributed by atoms with Crippen LogP contribution in [0.25, 0.3) is 4.96 Å². The molecule has 2 aromatic rings. The van der Waals surface area contributed by atoms with Crippen molar-refractivity contribution >= 4 is 32.1 Å². The molecule has 4 N–H and O–H groups in total. The zero-order valence-corrected chi connectivity index (χ0v) is 12.5. The van der Waals surface area contributed by atoms with Gasteiger partial charge in [-0.1, -0.05) is 19.3 Å². The fourth-order valence-corrected chi connectivity index (χ4v) is 4.93. The highest BCUT2D eigenvalue weighted by atomic mass is 32.2. The average Bonchev–Trinajstić information content (AvgIpc) is 2.98. The van der Waals surface area contributed by atoms with Gasteiger partial charge in [-0.15, -0.1) is 11.3 Å². The Morgan fingerprint density at radius 1 is 1.35 bits per heavy atom. The van der Waals surface area contributed by atoms with Crippen molar-refractivity contribution in [2.24, 2.45) is 5.84 Å². The summed E-state index contributed by atoms with van der Waals surface area (Å²) in [5, 5.41) is 1.88. The van der Waals surface area contributed by atoms with Crippen molar-refractivity contribution in [1.82, 2.24) is 14.1 Å². The smallest absolute Gasteiger partial charge is 0.260 e. The van der Waals surface area contributed by atoms with E-state index in [1.54, 1.807) is 16.0 Å². The lowest BCUT2D eigenvalue weighted by Crippen LogP contribution is -2.37. The maximum absolute atomic E-state index is 12.6. The highest BCUT2D eigenvalue weighted by molar-refractivity contribution is 7.89. The summed E-state index contributed by atoms with van der Waals surface area (Å²) in [7, 11) is -3.64. The number of aromatic nitrogens is 2. The monoisotopic (exact) mass is 315 g/mol. The number of anilines is 1. The third-order valence-electron chi connectivity index (χ3n) is 3.54. The Morgan fingerprint density at radius 2 is 2.10 bits per heavy atom. The van der Waals surface area contributed by atoms with Crippen LogP contribution >= 0.6 is 11.3 Å². The van der Waals surface area contributed by atoms with Gasteiger partial charge in [0, 0.05) is 17.6 Å². The molecule has 0 atom stereocenters. The molecule has 0 aliphatic heterocycles. The van der Waals surface area contributed by atoms with E-state index in [0.717, 1.165) is 25.7 Å². The molecule has 0 radical (unpaired) electrons. The Morgan fingerprint density at radius 3 is 2.80 bits per heavy atom. The quantitative estimate of drug-likeness (QED) is 0.583. The van der Waals surface area contributed by atoms with Gasteiger partial charge >= 0.3 is 0 Å². The molecule has 20 heavy (non-hydrogen) atoms. The largest absolute Gasteiger partial charge is 0.306 e. The first kappa shape index (κ1) is 13.8. The van der Waals surface area contributed by atoms with E-state index in [-0.39, 0.29) is 16.9 Å². The van der Waals surface area contributed by atoms with E-state index in [4.69, 9.17) is 5.84 Å². The maximum atomic E-state index is 12.6. The second-order valence-corrected chi connectivity index (χ2v) is 7.42. The molecule has 0 bridgehead atoms. The maximum Gasteiger partial charge on any atom is 0.260 e. The zero-order valence-electron chi connectivity index (χ0n) is 10.9. The van der Waals surface area contributed by atoms with Gasteiger partial charge in [0.2, 0.25) is 5.03 Å². The SMILES string of the molecule is NNc1nc2sccn2c1S(=O)(=O)NC1CCCCC1. The molecule has 0 unspecified atom stereocenters. The van der Waals surface area contributed by atoms with E-state index in [1.165, 1.54) is 17.8 Å². The van der Waals surface area contributed by atoms with Crippen LogP contribution in [-0.4, -0.2) is 23.8 Å². The van der Waals surface area contributed by atoms with Crippen molar-refractivity contribution in [1.29, 1.82) is 0 Å². The Hall–Kier alpha value is -1.16. The molecule has 3 rings (SSSR count). The van der Waals surface area contributed by atoms with Crippen molar-refractivity contribution in [2.45, 2.75) is 43.2 Å². The Bertz CT molecular complexity index is 700. The van der Waals surface area contributed by atoms with Crippen molar-refractivity contribution in [2.75, 3.05) is 5.43 Å². The molecule has 1 aliphatic carbocycles. The van der Waals surface area contributed by atoms with Gasteiger partial charge in [-0.05, 0) is 12.8 Å². The molecular formula is C11H17N5O2S2. The number of nitrogens with zero attached hydrogens (tertiary/aromatic N) is 2. The van der Waals surface area contributed by atoms with Crippen LogP contribution in [0.1, 0.15) is 32.1 Å². The van der Waals surface area contributed by atoms with E-state index < -0.39 is 10.0 Å². The summed E-state index contributed by atoms with van der Waals surface area (Å²) < 4.78 is 29.5. The number of nitrogens with two attached hydrogens (primary N) is 1. The van der Waals surface area contributed by atoms with E-state index in [9.17, 15) is 8.42 Å². The van der Waals surface area contributed by atoms with Crippen LogP contribution in [0.3, 0.4) is 0 Å². The minimum atomic E-state index is -3.64. The summed E-state index contributed by atoms with van der Waals surface area (Å²) in [6.07, 6.45) is 6.76. The second-order valence-electron chi connectivity index (χ2n) is 4.92. The first-order valence-electron chi connectivity index (χ1n) is 6.56. The highest BCUT2D eigenvalue weighted by Crippen LogP contribution is 2.26. The summed E-state index contributed by atoms with van der Waals surface area (Å²) in [5.41, 5.74) is 2.37. The molecule has 1 saturated carbocycles. The molecule has 0 spiro atoms. The van der Waals surface area contributed by atoms with Crippen molar-refractivity contribution in [3.05, 3.63) is 11.6 Å². The molecule has 0 amide bonds. The van der Waals surface area contributed by atoms with Crippen molar-refractivity contribution in [3.63, 3.8) is 0 Å². The minimum Gasteiger partial charge on any atom is -0.306 e. The van der Waals surface area contributed by atoms with E-state index >= 15 is 0 Å². The Kier molecular flexibility index (Phi) is 3.67. The molecule has 110 valence electrons. The number of hydrogen-bond donors (Lipinski definition) is 3. The fraction of sp³-hybridized carbons (Fsp3) is 0.545. The van der Waals surface area contributed by atoms with Crippen LogP contribution in [0.2, 0.25) is 0 Å². The number of fused-ring (bicyclic) bond motifs is 1. The molecule has 7 nitrogen and oxygen atoms in total. The first-order valence-corrected chi connectivity index (χ1v) is 8.92. The molecule has 2 heterocycles. The number of imidazole rings is 1. The van der Waals surface area contributed by atoms with Crippen molar-refractivity contribution in [3.8, 4) is 0 Å². The lowest BCUT2D eigenvalue weighted by atomic mass is 9.96. The number of sulfonamides is 1. The number of nitrogen functional groups attached to an aromatic ring is 1. The standard InChI is InChI=1S/C11H17N5O2S2/c12-14-9-10(16-6-7-19-11(16)13-9)20(17,18)15-8-4-2-1-3-5-8/h6-8,14-15H,1-5,12H2. The minimum absolute atomic E-state index is 0.00330. The fourth-order valence-electron chi connectivity index (χ4n) is 2.61. The first-order chi connectivity index (χ1) is 9.62.